The maximum atomic E-state index is 11.6. The molecule has 1 amide bonds. The lowest BCUT2D eigenvalue weighted by Gasteiger charge is -2.34. The SMILES string of the molecule is CCNC(=O)CN1CCN(Cc2ccc3c(c2)OCO3)CC1. The fourth-order valence-corrected chi connectivity index (χ4v) is 2.86. The number of carbonyl (C=O) groups is 1. The quantitative estimate of drug-likeness (QED) is 0.866. The molecule has 0 aromatic heterocycles. The van der Waals surface area contributed by atoms with E-state index in [-0.39, 0.29) is 5.91 Å². The third kappa shape index (κ3) is 3.69. The number of nitrogens with one attached hydrogen (secondary N) is 1. The molecule has 0 atom stereocenters. The topological polar surface area (TPSA) is 54.0 Å². The van der Waals surface area contributed by atoms with E-state index in [0.717, 1.165) is 44.2 Å². The van der Waals surface area contributed by atoms with Gasteiger partial charge in [-0.05, 0) is 24.6 Å². The zero-order valence-electron chi connectivity index (χ0n) is 13.0. The van der Waals surface area contributed by atoms with E-state index in [1.807, 2.05) is 13.0 Å². The summed E-state index contributed by atoms with van der Waals surface area (Å²) in [6.45, 7) is 8.20. The van der Waals surface area contributed by atoms with Crippen molar-refractivity contribution in [1.29, 1.82) is 0 Å². The number of rotatable bonds is 5. The average molecular weight is 305 g/mol. The largest absolute Gasteiger partial charge is 0.454 e. The number of carbonyl (C=O) groups excluding carboxylic acids is 1. The summed E-state index contributed by atoms with van der Waals surface area (Å²) in [4.78, 5) is 16.2. The third-order valence-corrected chi connectivity index (χ3v) is 4.05. The van der Waals surface area contributed by atoms with Crippen molar-refractivity contribution in [3.05, 3.63) is 23.8 Å². The molecule has 0 bridgehead atoms. The predicted molar refractivity (Wildman–Crippen MR) is 83.0 cm³/mol. The highest BCUT2D eigenvalue weighted by molar-refractivity contribution is 5.77. The summed E-state index contributed by atoms with van der Waals surface area (Å²) < 4.78 is 10.8. The Hall–Kier alpha value is -1.79. The van der Waals surface area contributed by atoms with Gasteiger partial charge in [0.2, 0.25) is 12.7 Å². The fraction of sp³-hybridized carbons (Fsp3) is 0.562. The van der Waals surface area contributed by atoms with Crippen molar-refractivity contribution in [3.8, 4) is 11.5 Å². The van der Waals surface area contributed by atoms with E-state index in [0.29, 0.717) is 19.9 Å². The number of ether oxygens (including phenoxy) is 2. The minimum atomic E-state index is 0.117. The second-order valence-corrected chi connectivity index (χ2v) is 5.69. The summed E-state index contributed by atoms with van der Waals surface area (Å²) in [5.74, 6) is 1.79. The molecule has 6 heteroatoms. The summed E-state index contributed by atoms with van der Waals surface area (Å²) >= 11 is 0. The lowest BCUT2D eigenvalue weighted by atomic mass is 10.1. The van der Waals surface area contributed by atoms with Gasteiger partial charge < -0.3 is 14.8 Å². The van der Waals surface area contributed by atoms with E-state index < -0.39 is 0 Å². The van der Waals surface area contributed by atoms with Crippen molar-refractivity contribution in [2.45, 2.75) is 13.5 Å². The molecular formula is C16H23N3O3. The second kappa shape index (κ2) is 6.98. The van der Waals surface area contributed by atoms with Crippen LogP contribution in [-0.2, 0) is 11.3 Å². The van der Waals surface area contributed by atoms with E-state index in [1.165, 1.54) is 5.56 Å². The van der Waals surface area contributed by atoms with Gasteiger partial charge in [0.15, 0.2) is 11.5 Å². The number of likely N-dealkylation sites (N-methyl/N-ethyl adjacent to an activating group) is 1. The summed E-state index contributed by atoms with van der Waals surface area (Å²) in [6.07, 6.45) is 0. The third-order valence-electron chi connectivity index (χ3n) is 4.05. The number of benzene rings is 1. The van der Waals surface area contributed by atoms with Crippen LogP contribution in [0.5, 0.6) is 11.5 Å². The lowest BCUT2D eigenvalue weighted by Crippen LogP contribution is -2.49. The molecule has 0 saturated carbocycles. The molecule has 2 heterocycles. The molecule has 2 aliphatic rings. The first-order valence-electron chi connectivity index (χ1n) is 7.84. The van der Waals surface area contributed by atoms with Gasteiger partial charge in [0, 0.05) is 39.3 Å². The Morgan fingerprint density at radius 2 is 1.86 bits per heavy atom. The first-order chi connectivity index (χ1) is 10.7. The number of piperazine rings is 1. The first kappa shape index (κ1) is 15.1. The van der Waals surface area contributed by atoms with Gasteiger partial charge in [-0.1, -0.05) is 6.07 Å². The van der Waals surface area contributed by atoms with E-state index >= 15 is 0 Å². The molecule has 1 fully saturated rings. The summed E-state index contributed by atoms with van der Waals surface area (Å²) in [6, 6.07) is 6.13. The zero-order valence-corrected chi connectivity index (χ0v) is 13.0. The molecule has 120 valence electrons. The van der Waals surface area contributed by atoms with E-state index in [2.05, 4.69) is 27.2 Å². The van der Waals surface area contributed by atoms with Crippen molar-refractivity contribution in [2.75, 3.05) is 46.1 Å². The average Bonchev–Trinajstić information content (AvgIpc) is 2.97. The van der Waals surface area contributed by atoms with Crippen LogP contribution < -0.4 is 14.8 Å². The number of hydrogen-bond donors (Lipinski definition) is 1. The van der Waals surface area contributed by atoms with E-state index in [9.17, 15) is 4.79 Å². The van der Waals surface area contributed by atoms with Gasteiger partial charge >= 0.3 is 0 Å². The van der Waals surface area contributed by atoms with Crippen LogP contribution >= 0.6 is 0 Å². The number of amides is 1. The molecular weight excluding hydrogens is 282 g/mol. The van der Waals surface area contributed by atoms with Gasteiger partial charge in [-0.2, -0.15) is 0 Å². The van der Waals surface area contributed by atoms with E-state index in [1.54, 1.807) is 0 Å². The van der Waals surface area contributed by atoms with Crippen LogP contribution in [0.1, 0.15) is 12.5 Å². The van der Waals surface area contributed by atoms with Crippen molar-refractivity contribution in [2.24, 2.45) is 0 Å². The summed E-state index contributed by atoms with van der Waals surface area (Å²) in [5.41, 5.74) is 1.24. The molecule has 1 aromatic rings. The van der Waals surface area contributed by atoms with E-state index in [4.69, 9.17) is 9.47 Å². The predicted octanol–water partition coefficient (Wildman–Crippen LogP) is 0.669. The van der Waals surface area contributed by atoms with Gasteiger partial charge in [-0.25, -0.2) is 0 Å². The summed E-state index contributed by atoms with van der Waals surface area (Å²) in [7, 11) is 0. The molecule has 0 aliphatic carbocycles. The fourth-order valence-electron chi connectivity index (χ4n) is 2.86. The number of hydrogen-bond acceptors (Lipinski definition) is 5. The zero-order chi connectivity index (χ0) is 15.4. The van der Waals surface area contributed by atoms with Crippen molar-refractivity contribution in [3.63, 3.8) is 0 Å². The molecule has 2 aliphatic heterocycles. The van der Waals surface area contributed by atoms with Crippen LogP contribution in [0.4, 0.5) is 0 Å². The molecule has 0 radical (unpaired) electrons. The Kier molecular flexibility index (Phi) is 4.80. The van der Waals surface area contributed by atoms with Gasteiger partial charge in [-0.15, -0.1) is 0 Å². The Morgan fingerprint density at radius 3 is 2.64 bits per heavy atom. The Bertz CT molecular complexity index is 527. The van der Waals surface area contributed by atoms with Crippen LogP contribution in [0, 0.1) is 0 Å². The Balaban J connectivity index is 1.47. The van der Waals surface area contributed by atoms with Crippen molar-refractivity contribution < 1.29 is 14.3 Å². The molecule has 1 saturated heterocycles. The maximum absolute atomic E-state index is 11.6. The Labute approximate surface area is 131 Å². The van der Waals surface area contributed by atoms with Crippen LogP contribution in [0.25, 0.3) is 0 Å². The second-order valence-electron chi connectivity index (χ2n) is 5.69. The monoisotopic (exact) mass is 305 g/mol. The Morgan fingerprint density at radius 1 is 1.14 bits per heavy atom. The highest BCUT2D eigenvalue weighted by Crippen LogP contribution is 2.32. The van der Waals surface area contributed by atoms with Crippen LogP contribution in [0.2, 0.25) is 0 Å². The molecule has 3 rings (SSSR count). The van der Waals surface area contributed by atoms with Crippen molar-refractivity contribution in [1.82, 2.24) is 15.1 Å². The maximum Gasteiger partial charge on any atom is 0.234 e. The smallest absolute Gasteiger partial charge is 0.234 e. The first-order valence-corrected chi connectivity index (χ1v) is 7.84. The molecule has 1 N–H and O–H groups in total. The highest BCUT2D eigenvalue weighted by atomic mass is 16.7. The molecule has 6 nitrogen and oxygen atoms in total. The van der Waals surface area contributed by atoms with Crippen LogP contribution in [0.3, 0.4) is 0 Å². The normalized spacial score (nSPS) is 18.4. The van der Waals surface area contributed by atoms with Gasteiger partial charge in [0.1, 0.15) is 0 Å². The lowest BCUT2D eigenvalue weighted by molar-refractivity contribution is -0.122. The number of fused-ring (bicyclic) bond motifs is 1. The minimum Gasteiger partial charge on any atom is -0.454 e. The van der Waals surface area contributed by atoms with Crippen LogP contribution in [0.15, 0.2) is 18.2 Å². The van der Waals surface area contributed by atoms with Gasteiger partial charge in [-0.3, -0.25) is 14.6 Å². The van der Waals surface area contributed by atoms with Crippen LogP contribution in [-0.4, -0.2) is 61.8 Å². The minimum absolute atomic E-state index is 0.117. The highest BCUT2D eigenvalue weighted by Gasteiger charge is 2.20. The van der Waals surface area contributed by atoms with Gasteiger partial charge in [0.25, 0.3) is 0 Å². The number of nitrogens with zero attached hydrogens (tertiary/aromatic N) is 2. The molecule has 0 spiro atoms. The standard InChI is InChI=1S/C16H23N3O3/c1-2-17-16(20)11-19-7-5-18(6-8-19)10-13-3-4-14-15(9-13)22-12-21-14/h3-4,9H,2,5-8,10-12H2,1H3,(H,17,20). The van der Waals surface area contributed by atoms with Gasteiger partial charge in [0.05, 0.1) is 6.54 Å². The molecule has 1 aromatic carbocycles. The van der Waals surface area contributed by atoms with Crippen molar-refractivity contribution >= 4 is 5.91 Å². The molecule has 22 heavy (non-hydrogen) atoms. The summed E-state index contributed by atoms with van der Waals surface area (Å²) in [5, 5.41) is 2.85. The molecule has 0 unspecified atom stereocenters.